The van der Waals surface area contributed by atoms with Crippen molar-refractivity contribution in [1.29, 1.82) is 0 Å². The van der Waals surface area contributed by atoms with E-state index in [1.165, 1.54) is 0 Å². The number of piperidine rings is 1. The number of amides is 1. The molecule has 1 N–H and O–H groups in total. The maximum absolute atomic E-state index is 11.4. The second-order valence-corrected chi connectivity index (χ2v) is 4.40. The maximum Gasteiger partial charge on any atom is 0.222 e. The van der Waals surface area contributed by atoms with Gasteiger partial charge >= 0.3 is 0 Å². The summed E-state index contributed by atoms with van der Waals surface area (Å²) in [7, 11) is 1.84. The Morgan fingerprint density at radius 1 is 1.38 bits per heavy atom. The summed E-state index contributed by atoms with van der Waals surface area (Å²) < 4.78 is 0. The highest BCUT2D eigenvalue weighted by molar-refractivity contribution is 5.76. The van der Waals surface area contributed by atoms with E-state index in [0.29, 0.717) is 12.3 Å². The normalized spacial score (nSPS) is 32.0. The minimum Gasteiger partial charge on any atom is -0.393 e. The highest BCUT2D eigenvalue weighted by Gasteiger charge is 2.37. The Labute approximate surface area is 78.7 Å². The Morgan fingerprint density at radius 2 is 2.08 bits per heavy atom. The molecule has 0 radical (unpaired) electrons. The van der Waals surface area contributed by atoms with Crippen molar-refractivity contribution in [3.8, 4) is 0 Å². The van der Waals surface area contributed by atoms with Crippen LogP contribution in [0.4, 0.5) is 0 Å². The zero-order chi connectivity index (χ0) is 9.42. The number of likely N-dealkylation sites (tertiary alicyclic amines) is 1. The molecule has 1 aliphatic carbocycles. The largest absolute Gasteiger partial charge is 0.393 e. The van der Waals surface area contributed by atoms with Gasteiger partial charge in [-0.2, -0.15) is 0 Å². The number of aliphatic hydroxyl groups is 1. The molecule has 2 aliphatic rings. The van der Waals surface area contributed by atoms with Gasteiger partial charge in [0.25, 0.3) is 0 Å². The van der Waals surface area contributed by atoms with Gasteiger partial charge in [-0.1, -0.05) is 0 Å². The summed E-state index contributed by atoms with van der Waals surface area (Å²) in [6.45, 7) is 0.813. The molecule has 0 spiro atoms. The van der Waals surface area contributed by atoms with Gasteiger partial charge in [0.2, 0.25) is 5.91 Å². The van der Waals surface area contributed by atoms with Crippen molar-refractivity contribution in [3.05, 3.63) is 0 Å². The molecule has 1 saturated carbocycles. The van der Waals surface area contributed by atoms with E-state index in [-0.39, 0.29) is 17.9 Å². The second-order valence-electron chi connectivity index (χ2n) is 4.40. The quantitative estimate of drug-likeness (QED) is 0.682. The molecule has 0 aromatic rings. The monoisotopic (exact) mass is 183 g/mol. The highest BCUT2D eigenvalue weighted by Crippen LogP contribution is 2.38. The van der Waals surface area contributed by atoms with Gasteiger partial charge in [-0.3, -0.25) is 4.79 Å². The van der Waals surface area contributed by atoms with Gasteiger partial charge in [0, 0.05) is 20.0 Å². The molecule has 1 amide bonds. The zero-order valence-electron chi connectivity index (χ0n) is 8.07. The molecule has 3 nitrogen and oxygen atoms in total. The number of rotatable bonds is 2. The van der Waals surface area contributed by atoms with Crippen LogP contribution in [0.1, 0.15) is 25.7 Å². The SMILES string of the molecule is CN1CCC(C(O)C2CC2)CC1=O. The molecule has 2 rings (SSSR count). The number of carbonyl (C=O) groups excluding carboxylic acids is 1. The summed E-state index contributed by atoms with van der Waals surface area (Å²) in [5.41, 5.74) is 0. The van der Waals surface area contributed by atoms with Crippen molar-refractivity contribution >= 4 is 5.91 Å². The molecule has 1 aliphatic heterocycles. The third kappa shape index (κ3) is 1.85. The number of aliphatic hydroxyl groups excluding tert-OH is 1. The lowest BCUT2D eigenvalue weighted by Crippen LogP contribution is -2.40. The van der Waals surface area contributed by atoms with Crippen LogP contribution in [0.15, 0.2) is 0 Å². The zero-order valence-corrected chi connectivity index (χ0v) is 8.07. The van der Waals surface area contributed by atoms with Crippen LogP contribution in [0.3, 0.4) is 0 Å². The number of carbonyl (C=O) groups is 1. The van der Waals surface area contributed by atoms with Crippen LogP contribution in [-0.4, -0.2) is 35.6 Å². The predicted octanol–water partition coefficient (Wildman–Crippen LogP) is 0.626. The van der Waals surface area contributed by atoms with Crippen LogP contribution < -0.4 is 0 Å². The summed E-state index contributed by atoms with van der Waals surface area (Å²) in [4.78, 5) is 13.1. The Bertz CT molecular complexity index is 213. The van der Waals surface area contributed by atoms with E-state index in [2.05, 4.69) is 0 Å². The second kappa shape index (κ2) is 3.29. The van der Waals surface area contributed by atoms with Gasteiger partial charge in [-0.05, 0) is 31.1 Å². The van der Waals surface area contributed by atoms with Gasteiger partial charge < -0.3 is 10.0 Å². The minimum absolute atomic E-state index is 0.191. The summed E-state index contributed by atoms with van der Waals surface area (Å²) in [5, 5.41) is 9.85. The van der Waals surface area contributed by atoms with Crippen molar-refractivity contribution < 1.29 is 9.90 Å². The average Bonchev–Trinajstić information content (AvgIpc) is 2.91. The molecule has 2 atom stereocenters. The standard InChI is InChI=1S/C10H17NO2/c1-11-5-4-8(6-9(11)12)10(13)7-2-3-7/h7-8,10,13H,2-6H2,1H3. The Hall–Kier alpha value is -0.570. The Morgan fingerprint density at radius 3 is 2.62 bits per heavy atom. The molecular formula is C10H17NO2. The summed E-state index contributed by atoms with van der Waals surface area (Å²) in [5.74, 6) is 0.924. The van der Waals surface area contributed by atoms with Crippen molar-refractivity contribution in [2.75, 3.05) is 13.6 Å². The average molecular weight is 183 g/mol. The molecule has 0 aromatic carbocycles. The Balaban J connectivity index is 1.90. The first-order valence-corrected chi connectivity index (χ1v) is 5.10. The van der Waals surface area contributed by atoms with Crippen LogP contribution >= 0.6 is 0 Å². The molecule has 0 aromatic heterocycles. The van der Waals surface area contributed by atoms with Crippen molar-refractivity contribution in [2.45, 2.75) is 31.8 Å². The maximum atomic E-state index is 11.4. The smallest absolute Gasteiger partial charge is 0.222 e. The number of hydrogen-bond acceptors (Lipinski definition) is 2. The first kappa shape index (κ1) is 9.00. The van der Waals surface area contributed by atoms with E-state index in [4.69, 9.17) is 0 Å². The van der Waals surface area contributed by atoms with Gasteiger partial charge in [0.05, 0.1) is 6.10 Å². The van der Waals surface area contributed by atoms with E-state index in [9.17, 15) is 9.90 Å². The van der Waals surface area contributed by atoms with E-state index in [1.807, 2.05) is 7.05 Å². The van der Waals surface area contributed by atoms with Crippen molar-refractivity contribution in [1.82, 2.24) is 4.90 Å². The predicted molar refractivity (Wildman–Crippen MR) is 49.1 cm³/mol. The molecule has 2 fully saturated rings. The van der Waals surface area contributed by atoms with Gasteiger partial charge in [-0.25, -0.2) is 0 Å². The molecule has 1 heterocycles. The lowest BCUT2D eigenvalue weighted by molar-refractivity contribution is -0.135. The third-order valence-corrected chi connectivity index (χ3v) is 3.29. The third-order valence-electron chi connectivity index (χ3n) is 3.29. The lowest BCUT2D eigenvalue weighted by Gasteiger charge is -2.31. The Kier molecular flexibility index (Phi) is 2.28. The fraction of sp³-hybridized carbons (Fsp3) is 0.900. The molecular weight excluding hydrogens is 166 g/mol. The first-order chi connectivity index (χ1) is 6.18. The van der Waals surface area contributed by atoms with Gasteiger partial charge in [-0.15, -0.1) is 0 Å². The van der Waals surface area contributed by atoms with Crippen LogP contribution in [0.25, 0.3) is 0 Å². The van der Waals surface area contributed by atoms with Crippen LogP contribution in [0.2, 0.25) is 0 Å². The van der Waals surface area contributed by atoms with E-state index < -0.39 is 0 Å². The van der Waals surface area contributed by atoms with Crippen molar-refractivity contribution in [2.24, 2.45) is 11.8 Å². The number of nitrogens with zero attached hydrogens (tertiary/aromatic N) is 1. The fourth-order valence-electron chi connectivity index (χ4n) is 2.08. The van der Waals surface area contributed by atoms with Crippen LogP contribution in [0.5, 0.6) is 0 Å². The van der Waals surface area contributed by atoms with Gasteiger partial charge in [0.1, 0.15) is 0 Å². The van der Waals surface area contributed by atoms with E-state index in [1.54, 1.807) is 4.90 Å². The molecule has 3 heteroatoms. The number of hydrogen-bond donors (Lipinski definition) is 1. The van der Waals surface area contributed by atoms with Crippen molar-refractivity contribution in [3.63, 3.8) is 0 Å². The summed E-state index contributed by atoms with van der Waals surface area (Å²) in [6, 6.07) is 0. The molecule has 1 saturated heterocycles. The highest BCUT2D eigenvalue weighted by atomic mass is 16.3. The topological polar surface area (TPSA) is 40.5 Å². The summed E-state index contributed by atoms with van der Waals surface area (Å²) >= 11 is 0. The molecule has 74 valence electrons. The first-order valence-electron chi connectivity index (χ1n) is 5.10. The molecule has 13 heavy (non-hydrogen) atoms. The van der Waals surface area contributed by atoms with Crippen LogP contribution in [-0.2, 0) is 4.79 Å². The van der Waals surface area contributed by atoms with Crippen LogP contribution in [0, 0.1) is 11.8 Å². The molecule has 0 bridgehead atoms. The van der Waals surface area contributed by atoms with E-state index in [0.717, 1.165) is 25.8 Å². The van der Waals surface area contributed by atoms with E-state index >= 15 is 0 Å². The lowest BCUT2D eigenvalue weighted by atomic mass is 9.88. The molecule has 2 unspecified atom stereocenters. The fourth-order valence-corrected chi connectivity index (χ4v) is 2.08. The van der Waals surface area contributed by atoms with Gasteiger partial charge in [0.15, 0.2) is 0 Å². The summed E-state index contributed by atoms with van der Waals surface area (Å²) in [6.07, 6.45) is 3.62. The minimum atomic E-state index is -0.211.